The first-order valence-corrected chi connectivity index (χ1v) is 12.8. The summed E-state index contributed by atoms with van der Waals surface area (Å²) in [7, 11) is 1.73. The van der Waals surface area contributed by atoms with Crippen molar-refractivity contribution in [1.82, 2.24) is 15.3 Å². The fourth-order valence-corrected chi connectivity index (χ4v) is 5.00. The van der Waals surface area contributed by atoms with Crippen LogP contribution in [0.3, 0.4) is 0 Å². The molecule has 1 fully saturated rings. The van der Waals surface area contributed by atoms with Gasteiger partial charge in [0.2, 0.25) is 11.9 Å². The van der Waals surface area contributed by atoms with Crippen molar-refractivity contribution in [3.63, 3.8) is 0 Å². The van der Waals surface area contributed by atoms with E-state index in [1.54, 1.807) is 32.0 Å². The fourth-order valence-electron chi connectivity index (χ4n) is 5.00. The van der Waals surface area contributed by atoms with Gasteiger partial charge in [0.05, 0.1) is 24.1 Å². The monoisotopic (exact) mass is 514 g/mol. The largest absolute Gasteiger partial charge is 0.489 e. The van der Waals surface area contributed by atoms with Gasteiger partial charge in [-0.1, -0.05) is 19.8 Å². The normalized spacial score (nSPS) is 17.8. The third kappa shape index (κ3) is 5.46. The summed E-state index contributed by atoms with van der Waals surface area (Å²) in [4.78, 5) is 38.4. The van der Waals surface area contributed by atoms with Crippen molar-refractivity contribution < 1.29 is 23.8 Å². The second-order valence-electron chi connectivity index (χ2n) is 9.72. The number of hydrogen-bond acceptors (Lipinski definition) is 8. The van der Waals surface area contributed by atoms with Crippen molar-refractivity contribution in [3.05, 3.63) is 29.7 Å². The quantitative estimate of drug-likeness (QED) is 0.466. The Morgan fingerprint density at radius 3 is 2.68 bits per heavy atom. The summed E-state index contributed by atoms with van der Waals surface area (Å²) in [6.07, 6.45) is 6.43. The number of carbonyl (C=O) groups excluding carboxylic acids is 2. The number of aliphatic hydroxyl groups is 1. The lowest BCUT2D eigenvalue weighted by Crippen LogP contribution is -2.55. The SMILES string of the molecule is CC[C@@H]1C(=O)N(C)c2cnc(Nc3cc(F)c(C(=O)NC(C)C)cc3OCCO)nc2N1C1CCCC1. The molecule has 1 atom stereocenters. The lowest BCUT2D eigenvalue weighted by atomic mass is 10.0. The van der Waals surface area contributed by atoms with E-state index in [-0.39, 0.29) is 60.2 Å². The number of amides is 2. The predicted octanol–water partition coefficient (Wildman–Crippen LogP) is 3.37. The van der Waals surface area contributed by atoms with Gasteiger partial charge in [-0.2, -0.15) is 4.98 Å². The Kier molecular flexibility index (Phi) is 8.11. The molecule has 3 N–H and O–H groups in total. The molecule has 4 rings (SSSR count). The lowest BCUT2D eigenvalue weighted by molar-refractivity contribution is -0.120. The molecule has 1 aliphatic heterocycles. The summed E-state index contributed by atoms with van der Waals surface area (Å²) >= 11 is 0. The molecule has 0 spiro atoms. The zero-order chi connectivity index (χ0) is 26.7. The first kappa shape index (κ1) is 26.6. The van der Waals surface area contributed by atoms with E-state index in [4.69, 9.17) is 9.72 Å². The molecule has 0 bridgehead atoms. The Bertz CT molecular complexity index is 1150. The highest BCUT2D eigenvalue weighted by molar-refractivity contribution is 6.04. The van der Waals surface area contributed by atoms with Gasteiger partial charge >= 0.3 is 0 Å². The molecule has 2 aliphatic rings. The van der Waals surface area contributed by atoms with Gasteiger partial charge in [0.1, 0.15) is 29.9 Å². The summed E-state index contributed by atoms with van der Waals surface area (Å²) < 4.78 is 20.6. The zero-order valence-corrected chi connectivity index (χ0v) is 21.8. The van der Waals surface area contributed by atoms with E-state index in [1.807, 2.05) is 6.92 Å². The average Bonchev–Trinajstić information content (AvgIpc) is 3.39. The molecule has 2 aromatic rings. The Labute approximate surface area is 216 Å². The Hall–Kier alpha value is -3.47. The van der Waals surface area contributed by atoms with Gasteiger partial charge in [0.25, 0.3) is 5.91 Å². The molecular formula is C26H35FN6O4. The summed E-state index contributed by atoms with van der Waals surface area (Å²) in [6, 6.07) is 2.18. The standard InChI is InChI=1S/C26H35FN6O4/c1-5-20-25(36)32(4)21-14-28-26(31-23(21)33(20)16-8-6-7-9-16)30-19-13-18(27)17(24(35)29-15(2)3)12-22(19)37-11-10-34/h12-16,20,34H,5-11H2,1-4H3,(H,29,35)(H,28,30,31)/t20-/m1/s1. The van der Waals surface area contributed by atoms with E-state index in [0.717, 1.165) is 31.7 Å². The molecule has 10 nitrogen and oxygen atoms in total. The van der Waals surface area contributed by atoms with E-state index < -0.39 is 11.7 Å². The molecule has 0 saturated heterocycles. The molecule has 0 radical (unpaired) electrons. The van der Waals surface area contributed by atoms with Crippen LogP contribution in [-0.4, -0.2) is 65.3 Å². The first-order chi connectivity index (χ1) is 17.7. The first-order valence-electron chi connectivity index (χ1n) is 12.8. The summed E-state index contributed by atoms with van der Waals surface area (Å²) in [5, 5.41) is 14.9. The molecule has 1 aromatic heterocycles. The molecule has 2 heterocycles. The van der Waals surface area contributed by atoms with Crippen molar-refractivity contribution in [2.24, 2.45) is 0 Å². The van der Waals surface area contributed by atoms with Crippen LogP contribution in [0.25, 0.3) is 0 Å². The Morgan fingerprint density at radius 1 is 1.30 bits per heavy atom. The molecule has 37 heavy (non-hydrogen) atoms. The van der Waals surface area contributed by atoms with Crippen molar-refractivity contribution >= 4 is 35.0 Å². The maximum absolute atomic E-state index is 15.0. The Morgan fingerprint density at radius 2 is 2.03 bits per heavy atom. The number of fused-ring (bicyclic) bond motifs is 1. The second kappa shape index (κ2) is 11.3. The molecule has 11 heteroatoms. The van der Waals surface area contributed by atoms with E-state index in [2.05, 4.69) is 20.5 Å². The van der Waals surface area contributed by atoms with Crippen LogP contribution >= 0.6 is 0 Å². The molecule has 1 aliphatic carbocycles. The van der Waals surface area contributed by atoms with Crippen LogP contribution in [0.1, 0.15) is 63.2 Å². The minimum absolute atomic E-state index is 0.0169. The highest BCUT2D eigenvalue weighted by Gasteiger charge is 2.41. The number of aliphatic hydroxyl groups excluding tert-OH is 1. The molecule has 0 unspecified atom stereocenters. The number of anilines is 4. The van der Waals surface area contributed by atoms with E-state index in [0.29, 0.717) is 17.9 Å². The Balaban J connectivity index is 1.71. The maximum Gasteiger partial charge on any atom is 0.254 e. The van der Waals surface area contributed by atoms with Gasteiger partial charge < -0.3 is 30.3 Å². The van der Waals surface area contributed by atoms with E-state index >= 15 is 0 Å². The van der Waals surface area contributed by atoms with Gasteiger partial charge in [0.15, 0.2) is 5.82 Å². The van der Waals surface area contributed by atoms with Crippen LogP contribution in [0.15, 0.2) is 18.3 Å². The zero-order valence-electron chi connectivity index (χ0n) is 21.8. The van der Waals surface area contributed by atoms with Gasteiger partial charge in [-0.15, -0.1) is 0 Å². The third-order valence-electron chi connectivity index (χ3n) is 6.74. The maximum atomic E-state index is 15.0. The second-order valence-corrected chi connectivity index (χ2v) is 9.72. The molecule has 2 amide bonds. The van der Waals surface area contributed by atoms with Crippen LogP contribution in [0, 0.1) is 5.82 Å². The number of carbonyl (C=O) groups is 2. The smallest absolute Gasteiger partial charge is 0.254 e. The van der Waals surface area contributed by atoms with Gasteiger partial charge in [-0.05, 0) is 39.2 Å². The van der Waals surface area contributed by atoms with Gasteiger partial charge in [-0.3, -0.25) is 9.59 Å². The number of nitrogens with zero attached hydrogens (tertiary/aromatic N) is 4. The highest BCUT2D eigenvalue weighted by atomic mass is 19.1. The third-order valence-corrected chi connectivity index (χ3v) is 6.74. The van der Waals surface area contributed by atoms with Crippen molar-refractivity contribution in [2.45, 2.75) is 71.0 Å². The van der Waals surface area contributed by atoms with Crippen LogP contribution in [0.5, 0.6) is 5.75 Å². The summed E-state index contributed by atoms with van der Waals surface area (Å²) in [5.74, 6) is -0.251. The lowest BCUT2D eigenvalue weighted by Gasteiger charge is -2.43. The number of nitrogens with one attached hydrogen (secondary N) is 2. The van der Waals surface area contributed by atoms with Crippen LogP contribution < -0.4 is 25.2 Å². The summed E-state index contributed by atoms with van der Waals surface area (Å²) in [6.45, 7) is 5.26. The topological polar surface area (TPSA) is 120 Å². The van der Waals surface area contributed by atoms with E-state index in [1.165, 1.54) is 6.07 Å². The number of halogens is 1. The minimum atomic E-state index is -0.737. The minimum Gasteiger partial charge on any atom is -0.489 e. The van der Waals surface area contributed by atoms with Crippen LogP contribution in [0.2, 0.25) is 0 Å². The number of rotatable bonds is 9. The number of hydrogen-bond donors (Lipinski definition) is 3. The number of ether oxygens (including phenoxy) is 1. The summed E-state index contributed by atoms with van der Waals surface area (Å²) in [5.41, 5.74) is 0.666. The highest BCUT2D eigenvalue weighted by Crippen LogP contribution is 2.40. The van der Waals surface area contributed by atoms with Crippen LogP contribution in [0.4, 0.5) is 27.5 Å². The average molecular weight is 515 g/mol. The van der Waals surface area contributed by atoms with Gasteiger partial charge in [0, 0.05) is 25.2 Å². The molecule has 1 aromatic carbocycles. The van der Waals surface area contributed by atoms with Gasteiger partial charge in [-0.25, -0.2) is 9.37 Å². The molecule has 200 valence electrons. The number of benzene rings is 1. The number of aromatic nitrogens is 2. The van der Waals surface area contributed by atoms with E-state index in [9.17, 15) is 19.1 Å². The van der Waals surface area contributed by atoms with Crippen molar-refractivity contribution in [2.75, 3.05) is 35.4 Å². The number of likely N-dealkylation sites (N-methyl/N-ethyl adjacent to an activating group) is 1. The molecular weight excluding hydrogens is 479 g/mol. The molecule has 1 saturated carbocycles. The van der Waals surface area contributed by atoms with Crippen molar-refractivity contribution in [1.29, 1.82) is 0 Å². The van der Waals surface area contributed by atoms with Crippen LogP contribution in [-0.2, 0) is 4.79 Å². The fraction of sp³-hybridized carbons (Fsp3) is 0.538. The predicted molar refractivity (Wildman–Crippen MR) is 139 cm³/mol. The van der Waals surface area contributed by atoms with Crippen molar-refractivity contribution in [3.8, 4) is 5.75 Å².